The summed E-state index contributed by atoms with van der Waals surface area (Å²) < 4.78 is 28.3. The summed E-state index contributed by atoms with van der Waals surface area (Å²) in [5.41, 5.74) is 5.86. The molecule has 0 aliphatic carbocycles. The van der Waals surface area contributed by atoms with Crippen LogP contribution in [-0.2, 0) is 14.6 Å². The standard InChI is InChI=1S/C16H23ClN2O4S/c1-24(21,22)10-8-14(18)16(20)19-9-4-5-12(11-19)23-15-7-3-2-6-13(15)17/h2-3,6-7,12,14H,4-5,8-11,18H2,1H3/t12-,14-/m0/s1. The summed E-state index contributed by atoms with van der Waals surface area (Å²) in [5.74, 6) is 0.277. The first-order valence-electron chi connectivity index (χ1n) is 7.89. The van der Waals surface area contributed by atoms with Crippen LogP contribution in [0.3, 0.4) is 0 Å². The molecule has 2 rings (SSSR count). The summed E-state index contributed by atoms with van der Waals surface area (Å²) in [7, 11) is -3.13. The third kappa shape index (κ3) is 5.65. The second-order valence-corrected chi connectivity index (χ2v) is 8.79. The lowest BCUT2D eigenvalue weighted by molar-refractivity contribution is -0.135. The number of piperidine rings is 1. The van der Waals surface area contributed by atoms with E-state index in [1.165, 1.54) is 0 Å². The van der Waals surface area contributed by atoms with Crippen molar-refractivity contribution in [1.29, 1.82) is 0 Å². The summed E-state index contributed by atoms with van der Waals surface area (Å²) in [4.78, 5) is 14.1. The lowest BCUT2D eigenvalue weighted by Crippen LogP contribution is -2.50. The normalized spacial score (nSPS) is 19.8. The molecular weight excluding hydrogens is 352 g/mol. The molecule has 1 aromatic rings. The molecule has 134 valence electrons. The number of halogens is 1. The molecule has 0 unspecified atom stereocenters. The van der Waals surface area contributed by atoms with Gasteiger partial charge in [0.25, 0.3) is 0 Å². The minimum Gasteiger partial charge on any atom is -0.487 e. The molecule has 8 heteroatoms. The molecule has 1 amide bonds. The van der Waals surface area contributed by atoms with Crippen molar-refractivity contribution in [2.45, 2.75) is 31.4 Å². The maximum Gasteiger partial charge on any atom is 0.239 e. The van der Waals surface area contributed by atoms with Gasteiger partial charge in [0.15, 0.2) is 0 Å². The van der Waals surface area contributed by atoms with Crippen molar-refractivity contribution < 1.29 is 17.9 Å². The van der Waals surface area contributed by atoms with Crippen molar-refractivity contribution in [1.82, 2.24) is 4.90 Å². The molecule has 1 saturated heterocycles. The minimum absolute atomic E-state index is 0.0900. The Labute approximate surface area is 147 Å². The number of rotatable bonds is 6. The Morgan fingerprint density at radius 3 is 2.83 bits per heavy atom. The van der Waals surface area contributed by atoms with Gasteiger partial charge in [0.05, 0.1) is 23.4 Å². The number of likely N-dealkylation sites (tertiary alicyclic amines) is 1. The number of sulfone groups is 1. The molecule has 0 saturated carbocycles. The van der Waals surface area contributed by atoms with E-state index in [1.807, 2.05) is 12.1 Å². The highest BCUT2D eigenvalue weighted by molar-refractivity contribution is 7.90. The van der Waals surface area contributed by atoms with Crippen LogP contribution < -0.4 is 10.5 Å². The second-order valence-electron chi connectivity index (χ2n) is 6.12. The van der Waals surface area contributed by atoms with Crippen LogP contribution in [0.4, 0.5) is 0 Å². The van der Waals surface area contributed by atoms with Gasteiger partial charge < -0.3 is 15.4 Å². The Morgan fingerprint density at radius 1 is 1.46 bits per heavy atom. The summed E-state index contributed by atoms with van der Waals surface area (Å²) >= 11 is 6.09. The van der Waals surface area contributed by atoms with Crippen molar-refractivity contribution in [2.24, 2.45) is 5.73 Å². The summed E-state index contributed by atoms with van der Waals surface area (Å²) in [6.45, 7) is 1.03. The van der Waals surface area contributed by atoms with Gasteiger partial charge in [-0.25, -0.2) is 8.42 Å². The Balaban J connectivity index is 1.92. The maximum absolute atomic E-state index is 12.4. The van der Waals surface area contributed by atoms with Crippen LogP contribution in [0.15, 0.2) is 24.3 Å². The molecule has 1 fully saturated rings. The summed E-state index contributed by atoms with van der Waals surface area (Å²) in [5, 5.41) is 0.533. The smallest absolute Gasteiger partial charge is 0.239 e. The first-order valence-corrected chi connectivity index (χ1v) is 10.3. The molecule has 0 spiro atoms. The highest BCUT2D eigenvalue weighted by Crippen LogP contribution is 2.26. The number of amides is 1. The monoisotopic (exact) mass is 374 g/mol. The Hall–Kier alpha value is -1.31. The molecule has 1 heterocycles. The Bertz CT molecular complexity index is 680. The zero-order valence-corrected chi connectivity index (χ0v) is 15.2. The molecule has 0 aromatic heterocycles. The predicted octanol–water partition coefficient (Wildman–Crippen LogP) is 1.47. The average molecular weight is 375 g/mol. The molecule has 24 heavy (non-hydrogen) atoms. The van der Waals surface area contributed by atoms with Crippen LogP contribution in [0, 0.1) is 0 Å². The van der Waals surface area contributed by atoms with Crippen LogP contribution in [0.1, 0.15) is 19.3 Å². The van der Waals surface area contributed by atoms with Gasteiger partial charge in [-0.15, -0.1) is 0 Å². The lowest BCUT2D eigenvalue weighted by atomic mass is 10.1. The van der Waals surface area contributed by atoms with E-state index in [1.54, 1.807) is 17.0 Å². The Morgan fingerprint density at radius 2 is 2.17 bits per heavy atom. The fraction of sp³-hybridized carbons (Fsp3) is 0.562. The third-order valence-electron chi connectivity index (χ3n) is 3.94. The van der Waals surface area contributed by atoms with E-state index < -0.39 is 15.9 Å². The number of benzene rings is 1. The number of nitrogens with two attached hydrogens (primary N) is 1. The number of carbonyl (C=O) groups excluding carboxylic acids is 1. The van der Waals surface area contributed by atoms with Gasteiger partial charge >= 0.3 is 0 Å². The van der Waals surface area contributed by atoms with Gasteiger partial charge in [-0.05, 0) is 31.4 Å². The van der Waals surface area contributed by atoms with E-state index in [9.17, 15) is 13.2 Å². The molecular formula is C16H23ClN2O4S. The topological polar surface area (TPSA) is 89.7 Å². The number of nitrogens with zero attached hydrogens (tertiary/aromatic N) is 1. The fourth-order valence-electron chi connectivity index (χ4n) is 2.65. The molecule has 2 N–H and O–H groups in total. The SMILES string of the molecule is CS(=O)(=O)CC[C@H](N)C(=O)N1CCC[C@H](Oc2ccccc2Cl)C1. The fourth-order valence-corrected chi connectivity index (χ4v) is 3.52. The lowest BCUT2D eigenvalue weighted by Gasteiger charge is -2.34. The zero-order valence-electron chi connectivity index (χ0n) is 13.7. The van der Waals surface area contributed by atoms with Gasteiger partial charge in [-0.1, -0.05) is 23.7 Å². The molecule has 0 radical (unpaired) electrons. The highest BCUT2D eigenvalue weighted by Gasteiger charge is 2.28. The average Bonchev–Trinajstić information content (AvgIpc) is 2.53. The molecule has 2 atom stereocenters. The number of para-hydroxylation sites is 1. The van der Waals surface area contributed by atoms with Crippen LogP contribution in [0.2, 0.25) is 5.02 Å². The van der Waals surface area contributed by atoms with Gasteiger partial charge in [-0.2, -0.15) is 0 Å². The van der Waals surface area contributed by atoms with Crippen LogP contribution >= 0.6 is 11.6 Å². The van der Waals surface area contributed by atoms with E-state index in [4.69, 9.17) is 22.1 Å². The van der Waals surface area contributed by atoms with Crippen molar-refractivity contribution in [3.63, 3.8) is 0 Å². The van der Waals surface area contributed by atoms with Crippen LogP contribution in [-0.4, -0.2) is 56.5 Å². The van der Waals surface area contributed by atoms with Gasteiger partial charge in [0, 0.05) is 12.8 Å². The van der Waals surface area contributed by atoms with E-state index >= 15 is 0 Å². The molecule has 1 aliphatic heterocycles. The van der Waals surface area contributed by atoms with Crippen molar-refractivity contribution in [3.05, 3.63) is 29.3 Å². The van der Waals surface area contributed by atoms with Crippen LogP contribution in [0.25, 0.3) is 0 Å². The van der Waals surface area contributed by atoms with Gasteiger partial charge in [0.2, 0.25) is 5.91 Å². The van der Waals surface area contributed by atoms with Crippen molar-refractivity contribution >= 4 is 27.3 Å². The van der Waals surface area contributed by atoms with E-state index in [0.717, 1.165) is 19.1 Å². The number of hydrogen-bond acceptors (Lipinski definition) is 5. The third-order valence-corrected chi connectivity index (χ3v) is 5.23. The first-order chi connectivity index (χ1) is 11.3. The zero-order chi connectivity index (χ0) is 17.7. The van der Waals surface area contributed by atoms with Crippen molar-refractivity contribution in [2.75, 3.05) is 25.1 Å². The first kappa shape index (κ1) is 19.0. The minimum atomic E-state index is -3.13. The van der Waals surface area contributed by atoms with E-state index in [2.05, 4.69) is 0 Å². The van der Waals surface area contributed by atoms with E-state index in [-0.39, 0.29) is 24.2 Å². The highest BCUT2D eigenvalue weighted by atomic mass is 35.5. The molecule has 1 aromatic carbocycles. The molecule has 0 bridgehead atoms. The predicted molar refractivity (Wildman–Crippen MR) is 94.0 cm³/mol. The number of hydrogen-bond donors (Lipinski definition) is 1. The molecule has 1 aliphatic rings. The quantitative estimate of drug-likeness (QED) is 0.814. The van der Waals surface area contributed by atoms with E-state index in [0.29, 0.717) is 23.9 Å². The largest absolute Gasteiger partial charge is 0.487 e. The summed E-state index contributed by atoms with van der Waals surface area (Å²) in [6.07, 6.45) is 2.75. The molecule has 6 nitrogen and oxygen atoms in total. The number of ether oxygens (including phenoxy) is 1. The summed E-state index contributed by atoms with van der Waals surface area (Å²) in [6, 6.07) is 6.41. The van der Waals surface area contributed by atoms with Gasteiger partial charge in [0.1, 0.15) is 21.7 Å². The van der Waals surface area contributed by atoms with Crippen molar-refractivity contribution in [3.8, 4) is 5.75 Å². The van der Waals surface area contributed by atoms with Crippen LogP contribution in [0.5, 0.6) is 5.75 Å². The maximum atomic E-state index is 12.4. The Kier molecular flexibility index (Phi) is 6.48. The van der Waals surface area contributed by atoms with Gasteiger partial charge in [-0.3, -0.25) is 4.79 Å². The second kappa shape index (κ2) is 8.18. The number of carbonyl (C=O) groups is 1.